The van der Waals surface area contributed by atoms with Crippen molar-refractivity contribution in [2.45, 2.75) is 33.0 Å². The van der Waals surface area contributed by atoms with E-state index in [9.17, 15) is 9.59 Å². The molecule has 154 valence electrons. The number of carbonyl (C=O) groups is 2. The van der Waals surface area contributed by atoms with Gasteiger partial charge in [-0.1, -0.05) is 35.4 Å². The summed E-state index contributed by atoms with van der Waals surface area (Å²) >= 11 is 0. The molecule has 1 aromatic heterocycles. The van der Waals surface area contributed by atoms with Crippen LogP contribution in [0.5, 0.6) is 5.75 Å². The summed E-state index contributed by atoms with van der Waals surface area (Å²) in [5.74, 6) is 0.145. The first-order valence-electron chi connectivity index (χ1n) is 9.38. The molecular weight excluding hydrogens is 384 g/mol. The zero-order chi connectivity index (χ0) is 21.7. The van der Waals surface area contributed by atoms with Gasteiger partial charge in [-0.3, -0.25) is 9.36 Å². The number of rotatable bonds is 6. The highest BCUT2D eigenvalue weighted by atomic mass is 16.6. The zero-order valence-corrected chi connectivity index (χ0v) is 17.0. The van der Waals surface area contributed by atoms with Crippen LogP contribution in [0.1, 0.15) is 36.7 Å². The van der Waals surface area contributed by atoms with Crippen LogP contribution in [0.4, 0.5) is 4.79 Å². The molecule has 0 aliphatic heterocycles. The minimum absolute atomic E-state index is 0.258. The fourth-order valence-corrected chi connectivity index (χ4v) is 2.91. The number of benzene rings is 2. The lowest BCUT2D eigenvalue weighted by Crippen LogP contribution is -2.26. The van der Waals surface area contributed by atoms with E-state index < -0.39 is 17.5 Å². The Labute approximate surface area is 173 Å². The van der Waals surface area contributed by atoms with Crippen molar-refractivity contribution >= 4 is 22.8 Å². The lowest BCUT2D eigenvalue weighted by Gasteiger charge is -2.19. The fourth-order valence-electron chi connectivity index (χ4n) is 2.91. The molecule has 0 bridgehead atoms. The van der Waals surface area contributed by atoms with E-state index >= 15 is 0 Å². The maximum atomic E-state index is 12.6. The predicted octanol–water partition coefficient (Wildman–Crippen LogP) is 5.50. The van der Waals surface area contributed by atoms with Crippen LogP contribution in [0.25, 0.3) is 21.3 Å². The van der Waals surface area contributed by atoms with Crippen LogP contribution < -0.4 is 4.74 Å². The van der Waals surface area contributed by atoms with Gasteiger partial charge in [0, 0.05) is 22.1 Å². The van der Waals surface area contributed by atoms with E-state index in [1.54, 1.807) is 39.0 Å². The summed E-state index contributed by atoms with van der Waals surface area (Å²) in [6.45, 7) is 5.31. The number of ketones is 1. The largest absolute Gasteiger partial charge is 0.489 e. The van der Waals surface area contributed by atoms with Crippen molar-refractivity contribution in [3.05, 3.63) is 76.3 Å². The van der Waals surface area contributed by atoms with Gasteiger partial charge in [0.15, 0.2) is 5.78 Å². The predicted molar refractivity (Wildman–Crippen MR) is 113 cm³/mol. The van der Waals surface area contributed by atoms with Gasteiger partial charge in [-0.2, -0.15) is 0 Å². The maximum absolute atomic E-state index is 12.6. The second-order valence-corrected chi connectivity index (χ2v) is 7.66. The molecule has 0 saturated heterocycles. The van der Waals surface area contributed by atoms with Crippen LogP contribution in [-0.4, -0.2) is 28.6 Å². The van der Waals surface area contributed by atoms with Gasteiger partial charge in [0.25, 0.3) is 0 Å². The van der Waals surface area contributed by atoms with Crippen LogP contribution in [-0.2, 0) is 11.3 Å². The molecular formula is C22H22N4O4. The Morgan fingerprint density at radius 3 is 2.53 bits per heavy atom. The summed E-state index contributed by atoms with van der Waals surface area (Å²) in [5.41, 5.74) is 9.59. The number of nitrogens with zero attached hydrogens (tertiary/aromatic N) is 4. The Morgan fingerprint density at radius 1 is 1.13 bits per heavy atom. The molecule has 0 spiro atoms. The molecule has 8 heteroatoms. The number of aromatic nitrogens is 1. The number of carbonyl (C=O) groups excluding carboxylic acids is 2. The number of azide groups is 1. The van der Waals surface area contributed by atoms with Gasteiger partial charge < -0.3 is 9.47 Å². The first-order chi connectivity index (χ1) is 14.3. The van der Waals surface area contributed by atoms with Gasteiger partial charge in [0.2, 0.25) is 0 Å². The quantitative estimate of drug-likeness (QED) is 0.233. The number of hydrogen-bond donors (Lipinski definition) is 0. The van der Waals surface area contributed by atoms with E-state index in [4.69, 9.17) is 15.0 Å². The Kier molecular flexibility index (Phi) is 6.09. The molecule has 3 aromatic rings. The Hall–Kier alpha value is -3.77. The minimum atomic E-state index is -0.693. The summed E-state index contributed by atoms with van der Waals surface area (Å²) in [7, 11) is 0. The molecule has 0 aliphatic rings. The third-order valence-corrected chi connectivity index (χ3v) is 4.19. The fraction of sp³-hybridized carbons (Fsp3) is 0.273. The molecule has 1 heterocycles. The van der Waals surface area contributed by atoms with E-state index in [0.717, 1.165) is 5.56 Å². The summed E-state index contributed by atoms with van der Waals surface area (Å²) in [6.07, 6.45) is 0.808. The van der Waals surface area contributed by atoms with E-state index in [0.29, 0.717) is 23.3 Å². The highest BCUT2D eigenvalue weighted by molar-refractivity contribution is 6.11. The number of ether oxygens (including phenoxy) is 2. The van der Waals surface area contributed by atoms with Gasteiger partial charge in [0.1, 0.15) is 18.0 Å². The van der Waals surface area contributed by atoms with Crippen molar-refractivity contribution in [3.8, 4) is 5.75 Å². The van der Waals surface area contributed by atoms with Gasteiger partial charge in [-0.15, -0.1) is 0 Å². The molecule has 3 rings (SSSR count). The van der Waals surface area contributed by atoms with E-state index in [1.165, 1.54) is 10.8 Å². The van der Waals surface area contributed by atoms with Crippen LogP contribution >= 0.6 is 0 Å². The normalized spacial score (nSPS) is 11.0. The molecule has 0 radical (unpaired) electrons. The average molecular weight is 406 g/mol. The SMILES string of the molecule is CC(C)(C)OC(=O)n1cc(C(=O)CN=[N+]=[N-])c2cc(OCc3ccccc3)ccc21. The number of hydrogen-bond acceptors (Lipinski definition) is 5. The molecule has 0 aliphatic carbocycles. The van der Waals surface area contributed by atoms with Crippen LogP contribution in [0, 0.1) is 0 Å². The molecule has 2 aromatic carbocycles. The minimum Gasteiger partial charge on any atom is -0.489 e. The lowest BCUT2D eigenvalue weighted by molar-refractivity contribution is 0.0544. The first kappa shape index (κ1) is 21.0. The maximum Gasteiger partial charge on any atom is 0.419 e. The monoisotopic (exact) mass is 406 g/mol. The van der Waals surface area contributed by atoms with Crippen LogP contribution in [0.2, 0.25) is 0 Å². The summed E-state index contributed by atoms with van der Waals surface area (Å²) in [5, 5.41) is 3.86. The Morgan fingerprint density at radius 2 is 1.87 bits per heavy atom. The van der Waals surface area contributed by atoms with Crippen molar-refractivity contribution in [1.82, 2.24) is 4.57 Å². The smallest absolute Gasteiger partial charge is 0.419 e. The molecule has 0 N–H and O–H groups in total. The topological polar surface area (TPSA) is 106 Å². The van der Waals surface area contributed by atoms with Gasteiger partial charge >= 0.3 is 6.09 Å². The lowest BCUT2D eigenvalue weighted by atomic mass is 10.1. The second-order valence-electron chi connectivity index (χ2n) is 7.66. The molecule has 0 amide bonds. The van der Waals surface area contributed by atoms with Gasteiger partial charge in [0.05, 0.1) is 12.1 Å². The average Bonchev–Trinajstić information content (AvgIpc) is 3.09. The second kappa shape index (κ2) is 8.71. The molecule has 0 atom stereocenters. The van der Waals surface area contributed by atoms with Crippen molar-refractivity contribution < 1.29 is 19.1 Å². The number of fused-ring (bicyclic) bond motifs is 1. The van der Waals surface area contributed by atoms with Crippen molar-refractivity contribution in [2.75, 3.05) is 6.54 Å². The van der Waals surface area contributed by atoms with Crippen LogP contribution in [0.15, 0.2) is 59.8 Å². The third-order valence-electron chi connectivity index (χ3n) is 4.19. The Bertz CT molecular complexity index is 1120. The summed E-state index contributed by atoms with van der Waals surface area (Å²) in [4.78, 5) is 27.8. The first-order valence-corrected chi connectivity index (χ1v) is 9.38. The summed E-state index contributed by atoms with van der Waals surface area (Å²) < 4.78 is 12.6. The number of Topliss-reactive ketones (excluding diaryl/α,β-unsaturated/α-hetero) is 1. The van der Waals surface area contributed by atoms with E-state index in [2.05, 4.69) is 10.0 Å². The molecule has 0 unspecified atom stereocenters. The van der Waals surface area contributed by atoms with Crippen molar-refractivity contribution in [2.24, 2.45) is 5.11 Å². The molecule has 30 heavy (non-hydrogen) atoms. The Balaban J connectivity index is 1.98. The zero-order valence-electron chi connectivity index (χ0n) is 17.0. The van der Waals surface area contributed by atoms with Crippen LogP contribution in [0.3, 0.4) is 0 Å². The van der Waals surface area contributed by atoms with Gasteiger partial charge in [-0.25, -0.2) is 4.79 Å². The summed E-state index contributed by atoms with van der Waals surface area (Å²) in [6, 6.07) is 14.8. The molecule has 0 saturated carbocycles. The highest BCUT2D eigenvalue weighted by Crippen LogP contribution is 2.28. The standard InChI is InChI=1S/C22H22N4O4/c1-22(2,3)30-21(28)26-13-18(20(27)12-24-25-23)17-11-16(9-10-19(17)26)29-14-15-7-5-4-6-8-15/h4-11,13H,12,14H2,1-3H3. The molecule has 0 fully saturated rings. The highest BCUT2D eigenvalue weighted by Gasteiger charge is 2.23. The van der Waals surface area contributed by atoms with E-state index in [1.807, 2.05) is 30.3 Å². The van der Waals surface area contributed by atoms with Crippen molar-refractivity contribution in [1.29, 1.82) is 0 Å². The van der Waals surface area contributed by atoms with Gasteiger partial charge in [-0.05, 0) is 50.1 Å². The third kappa shape index (κ3) is 4.98. The van der Waals surface area contributed by atoms with E-state index in [-0.39, 0.29) is 12.1 Å². The van der Waals surface area contributed by atoms with Crippen molar-refractivity contribution in [3.63, 3.8) is 0 Å². The molecule has 8 nitrogen and oxygen atoms in total.